The van der Waals surface area contributed by atoms with Gasteiger partial charge in [-0.05, 0) is 56.5 Å². The standard InChI is InChI=1S/C26H40O5Si/c1-16(2)18-12-23(27)22-14-21(31-25(22)28)10-17(3)9-20-11-19(24(13-18)30-20)15-29-32(7,8)26(4,5)6/h9,11,18,21-23,27H,1,10,12-15H2,2-8H3/b17-9+/t18-,21+,22?,23-/m0/s1. The van der Waals surface area contributed by atoms with Gasteiger partial charge in [0.15, 0.2) is 8.32 Å². The molecule has 2 aliphatic heterocycles. The van der Waals surface area contributed by atoms with E-state index < -0.39 is 20.3 Å². The van der Waals surface area contributed by atoms with Gasteiger partial charge in [0.2, 0.25) is 0 Å². The zero-order valence-electron chi connectivity index (χ0n) is 20.8. The van der Waals surface area contributed by atoms with Crippen molar-refractivity contribution in [2.24, 2.45) is 11.8 Å². The Hall–Kier alpha value is -1.63. The minimum atomic E-state index is -1.91. The number of hydrogen-bond donors (Lipinski definition) is 1. The maximum atomic E-state index is 12.4. The van der Waals surface area contributed by atoms with E-state index in [1.807, 2.05) is 19.9 Å². The van der Waals surface area contributed by atoms with Crippen LogP contribution in [0.4, 0.5) is 0 Å². The third kappa shape index (κ3) is 5.64. The molecule has 1 aromatic rings. The summed E-state index contributed by atoms with van der Waals surface area (Å²) in [5, 5.41) is 11.0. The summed E-state index contributed by atoms with van der Waals surface area (Å²) >= 11 is 0. The highest BCUT2D eigenvalue weighted by molar-refractivity contribution is 6.74. The zero-order chi connectivity index (χ0) is 23.8. The van der Waals surface area contributed by atoms with Crippen LogP contribution in [0.5, 0.6) is 0 Å². The number of aliphatic hydroxyl groups is 1. The molecule has 0 spiro atoms. The van der Waals surface area contributed by atoms with Gasteiger partial charge >= 0.3 is 5.97 Å². The van der Waals surface area contributed by atoms with E-state index in [0.717, 1.165) is 28.2 Å². The first-order valence-corrected chi connectivity index (χ1v) is 14.6. The van der Waals surface area contributed by atoms with Gasteiger partial charge in [0.25, 0.3) is 0 Å². The average molecular weight is 461 g/mol. The molecule has 1 aromatic heterocycles. The number of carbonyl (C=O) groups excluding carboxylic acids is 1. The van der Waals surface area contributed by atoms with Crippen LogP contribution in [0.25, 0.3) is 6.08 Å². The van der Waals surface area contributed by atoms with Crippen molar-refractivity contribution in [2.75, 3.05) is 0 Å². The maximum Gasteiger partial charge on any atom is 0.311 e. The summed E-state index contributed by atoms with van der Waals surface area (Å²) in [4.78, 5) is 12.4. The molecule has 2 aliphatic rings. The second kappa shape index (κ2) is 9.32. The Bertz CT molecular complexity index is 889. The van der Waals surface area contributed by atoms with Gasteiger partial charge in [-0.2, -0.15) is 0 Å². The molecule has 4 bridgehead atoms. The first-order valence-electron chi connectivity index (χ1n) is 11.7. The number of ether oxygens (including phenoxy) is 1. The second-order valence-corrected chi connectivity index (χ2v) is 16.1. The molecule has 1 N–H and O–H groups in total. The van der Waals surface area contributed by atoms with Crippen molar-refractivity contribution in [2.45, 2.75) is 97.2 Å². The smallest absolute Gasteiger partial charge is 0.311 e. The predicted molar refractivity (Wildman–Crippen MR) is 130 cm³/mol. The van der Waals surface area contributed by atoms with Crippen molar-refractivity contribution in [3.63, 3.8) is 0 Å². The van der Waals surface area contributed by atoms with Crippen LogP contribution in [-0.4, -0.2) is 31.6 Å². The van der Waals surface area contributed by atoms with Gasteiger partial charge in [-0.1, -0.05) is 38.5 Å². The van der Waals surface area contributed by atoms with Crippen LogP contribution >= 0.6 is 0 Å². The predicted octanol–water partition coefficient (Wildman–Crippen LogP) is 6.03. The summed E-state index contributed by atoms with van der Waals surface area (Å²) in [5.74, 6) is 0.938. The van der Waals surface area contributed by atoms with Crippen molar-refractivity contribution in [1.29, 1.82) is 0 Å². The number of rotatable bonds is 4. The number of aliphatic hydroxyl groups excluding tert-OH is 1. The van der Waals surface area contributed by atoms with Crippen molar-refractivity contribution in [3.05, 3.63) is 40.9 Å². The minimum Gasteiger partial charge on any atom is -0.462 e. The van der Waals surface area contributed by atoms with Crippen LogP contribution in [0.15, 0.2) is 28.2 Å². The van der Waals surface area contributed by atoms with E-state index >= 15 is 0 Å². The molecule has 4 atom stereocenters. The highest BCUT2D eigenvalue weighted by atomic mass is 28.4. The van der Waals surface area contributed by atoms with E-state index in [1.54, 1.807) is 0 Å². The molecule has 32 heavy (non-hydrogen) atoms. The molecule has 0 aliphatic carbocycles. The Labute approximate surface area is 194 Å². The van der Waals surface area contributed by atoms with Crippen LogP contribution in [0.3, 0.4) is 0 Å². The van der Waals surface area contributed by atoms with E-state index in [9.17, 15) is 9.90 Å². The Morgan fingerprint density at radius 3 is 2.59 bits per heavy atom. The van der Waals surface area contributed by atoms with Crippen LogP contribution < -0.4 is 0 Å². The fourth-order valence-corrected chi connectivity index (χ4v) is 5.20. The maximum absolute atomic E-state index is 12.4. The molecule has 1 saturated heterocycles. The third-order valence-electron chi connectivity index (χ3n) is 7.47. The molecule has 1 fully saturated rings. The van der Waals surface area contributed by atoms with Gasteiger partial charge in [0.05, 0.1) is 18.6 Å². The number of hydrogen-bond acceptors (Lipinski definition) is 5. The van der Waals surface area contributed by atoms with Gasteiger partial charge in [-0.15, -0.1) is 0 Å². The molecular formula is C26H40O5Si. The summed E-state index contributed by atoms with van der Waals surface area (Å²) < 4.78 is 18.4. The lowest BCUT2D eigenvalue weighted by Gasteiger charge is -2.36. The number of carbonyl (C=O) groups is 1. The van der Waals surface area contributed by atoms with E-state index in [1.165, 1.54) is 0 Å². The monoisotopic (exact) mass is 460 g/mol. The first-order chi connectivity index (χ1) is 14.8. The largest absolute Gasteiger partial charge is 0.462 e. The van der Waals surface area contributed by atoms with E-state index in [4.69, 9.17) is 13.6 Å². The number of fused-ring (bicyclic) bond motifs is 4. The lowest BCUT2D eigenvalue weighted by atomic mass is 9.84. The molecule has 178 valence electrons. The third-order valence-corrected chi connectivity index (χ3v) is 11.9. The molecule has 5 nitrogen and oxygen atoms in total. The van der Waals surface area contributed by atoms with Gasteiger partial charge in [0, 0.05) is 24.8 Å². The lowest BCUT2D eigenvalue weighted by Crippen LogP contribution is -2.40. The Balaban J connectivity index is 1.94. The first kappa shape index (κ1) is 25.0. The van der Waals surface area contributed by atoms with Crippen LogP contribution in [0.1, 0.15) is 71.0 Å². The number of allylic oxidation sites excluding steroid dienone is 1. The molecule has 0 radical (unpaired) electrons. The summed E-state index contributed by atoms with van der Waals surface area (Å²) in [6.07, 6.45) is 3.38. The quantitative estimate of drug-likeness (QED) is 0.338. The average Bonchev–Trinajstić information content (AvgIpc) is 3.20. The molecule has 1 unspecified atom stereocenters. The van der Waals surface area contributed by atoms with Crippen molar-refractivity contribution < 1.29 is 23.5 Å². The van der Waals surface area contributed by atoms with Crippen molar-refractivity contribution in [1.82, 2.24) is 0 Å². The van der Waals surface area contributed by atoms with E-state index in [0.29, 0.717) is 32.3 Å². The minimum absolute atomic E-state index is 0.00769. The van der Waals surface area contributed by atoms with Gasteiger partial charge in [-0.3, -0.25) is 4.79 Å². The van der Waals surface area contributed by atoms with Crippen LogP contribution in [0.2, 0.25) is 18.1 Å². The number of esters is 1. The van der Waals surface area contributed by atoms with Crippen LogP contribution in [-0.2, 0) is 27.0 Å². The summed E-state index contributed by atoms with van der Waals surface area (Å²) in [7, 11) is -1.91. The zero-order valence-corrected chi connectivity index (χ0v) is 21.8. The van der Waals surface area contributed by atoms with Gasteiger partial charge < -0.3 is 18.7 Å². The van der Waals surface area contributed by atoms with E-state index in [2.05, 4.69) is 46.5 Å². The Kier molecular flexibility index (Phi) is 7.28. The number of furan rings is 1. The molecule has 3 heterocycles. The molecular weight excluding hydrogens is 420 g/mol. The SMILES string of the molecule is C=C(C)[C@@H]1Cc2oc(cc2CO[Si](C)(C)C(C)(C)C)/C=C(\C)C[C@@H]2CC(C(=O)O2)[C@@H](O)C1. The molecule has 0 aromatic carbocycles. The second-order valence-electron chi connectivity index (χ2n) is 11.3. The Morgan fingerprint density at radius 1 is 1.28 bits per heavy atom. The van der Waals surface area contributed by atoms with Gasteiger partial charge in [0.1, 0.15) is 17.6 Å². The molecule has 0 saturated carbocycles. The van der Waals surface area contributed by atoms with E-state index in [-0.39, 0.29) is 23.0 Å². The summed E-state index contributed by atoms with van der Waals surface area (Å²) in [6.45, 7) is 19.9. The molecule has 6 heteroatoms. The summed E-state index contributed by atoms with van der Waals surface area (Å²) in [5.41, 5.74) is 3.12. The topological polar surface area (TPSA) is 68.9 Å². The fourth-order valence-electron chi connectivity index (χ4n) is 4.25. The highest BCUT2D eigenvalue weighted by Gasteiger charge is 2.40. The fraction of sp³-hybridized carbons (Fsp3) is 0.654. The van der Waals surface area contributed by atoms with Crippen molar-refractivity contribution in [3.8, 4) is 0 Å². The lowest BCUT2D eigenvalue weighted by molar-refractivity contribution is -0.146. The normalized spacial score (nSPS) is 28.8. The van der Waals surface area contributed by atoms with Crippen molar-refractivity contribution >= 4 is 20.4 Å². The molecule has 0 amide bonds. The summed E-state index contributed by atoms with van der Waals surface area (Å²) in [6, 6.07) is 2.08. The highest BCUT2D eigenvalue weighted by Crippen LogP contribution is 2.38. The molecule has 3 rings (SSSR count). The van der Waals surface area contributed by atoms with Crippen LogP contribution in [0, 0.1) is 11.8 Å². The van der Waals surface area contributed by atoms with Gasteiger partial charge in [-0.25, -0.2) is 0 Å². The Morgan fingerprint density at radius 2 is 1.97 bits per heavy atom.